The van der Waals surface area contributed by atoms with Crippen LogP contribution < -0.4 is 15.8 Å². The molecule has 0 radical (unpaired) electrons. The van der Waals surface area contributed by atoms with Gasteiger partial charge >= 0.3 is 0 Å². The molecule has 3 rings (SSSR count). The molecule has 0 saturated carbocycles. The molecule has 2 amide bonds. The van der Waals surface area contributed by atoms with Gasteiger partial charge in [-0.05, 0) is 31.0 Å². The van der Waals surface area contributed by atoms with Crippen molar-refractivity contribution in [1.29, 1.82) is 0 Å². The van der Waals surface area contributed by atoms with Gasteiger partial charge in [-0.15, -0.1) is 0 Å². The summed E-state index contributed by atoms with van der Waals surface area (Å²) in [6, 6.07) is 4.99. The molecule has 2 fully saturated rings. The van der Waals surface area contributed by atoms with Crippen molar-refractivity contribution in [2.75, 3.05) is 25.9 Å². The number of fused-ring (bicyclic) bond motifs is 1. The first-order valence-electron chi connectivity index (χ1n) is 7.14. The lowest BCUT2D eigenvalue weighted by atomic mass is 9.91. The highest BCUT2D eigenvalue weighted by atomic mass is 16.5. The summed E-state index contributed by atoms with van der Waals surface area (Å²) in [6.07, 6.45) is 1.71. The molecule has 1 aromatic rings. The topological polar surface area (TPSA) is 84.7 Å². The summed E-state index contributed by atoms with van der Waals surface area (Å²) in [5.41, 5.74) is 6.82. The molecule has 2 unspecified atom stereocenters. The zero-order valence-corrected chi connectivity index (χ0v) is 12.0. The number of likely N-dealkylation sites (tertiary alicyclic amines) is 1. The lowest BCUT2D eigenvalue weighted by Gasteiger charge is -2.36. The first-order valence-corrected chi connectivity index (χ1v) is 7.14. The van der Waals surface area contributed by atoms with Gasteiger partial charge in [-0.25, -0.2) is 0 Å². The van der Waals surface area contributed by atoms with Crippen LogP contribution >= 0.6 is 0 Å². The van der Waals surface area contributed by atoms with Crippen LogP contribution in [0.3, 0.4) is 0 Å². The van der Waals surface area contributed by atoms with E-state index in [2.05, 4.69) is 5.32 Å². The number of carbonyl (C=O) groups excluding carboxylic acids is 2. The molecule has 2 aliphatic heterocycles. The van der Waals surface area contributed by atoms with Crippen LogP contribution in [0.5, 0.6) is 5.75 Å². The number of nitrogens with two attached hydrogens (primary N) is 1. The average Bonchev–Trinajstić information content (AvgIpc) is 2.89. The van der Waals surface area contributed by atoms with Gasteiger partial charge in [-0.1, -0.05) is 0 Å². The number of carbonyl (C=O) groups is 2. The Kier molecular flexibility index (Phi) is 3.45. The predicted molar refractivity (Wildman–Crippen MR) is 78.0 cm³/mol. The van der Waals surface area contributed by atoms with E-state index in [1.807, 2.05) is 0 Å². The van der Waals surface area contributed by atoms with Gasteiger partial charge in [0.2, 0.25) is 5.91 Å². The molecule has 2 aliphatic rings. The Morgan fingerprint density at radius 1 is 1.48 bits per heavy atom. The van der Waals surface area contributed by atoms with Gasteiger partial charge in [-0.2, -0.15) is 0 Å². The quantitative estimate of drug-likeness (QED) is 0.782. The van der Waals surface area contributed by atoms with Crippen molar-refractivity contribution in [1.82, 2.24) is 10.2 Å². The molecule has 0 aliphatic carbocycles. The molecule has 1 aromatic carbocycles. The lowest BCUT2D eigenvalue weighted by Crippen LogP contribution is -2.48. The Hall–Kier alpha value is -2.24. The van der Waals surface area contributed by atoms with Gasteiger partial charge in [0.05, 0.1) is 24.8 Å². The lowest BCUT2D eigenvalue weighted by molar-refractivity contribution is -0.123. The van der Waals surface area contributed by atoms with E-state index in [0.29, 0.717) is 30.1 Å². The third-order valence-corrected chi connectivity index (χ3v) is 4.34. The van der Waals surface area contributed by atoms with Crippen molar-refractivity contribution in [3.63, 3.8) is 0 Å². The molecule has 0 bridgehead atoms. The molecule has 6 heteroatoms. The van der Waals surface area contributed by atoms with E-state index in [4.69, 9.17) is 10.5 Å². The second kappa shape index (κ2) is 5.27. The second-order valence-electron chi connectivity index (χ2n) is 5.52. The van der Waals surface area contributed by atoms with Crippen molar-refractivity contribution < 1.29 is 14.3 Å². The highest BCUT2D eigenvalue weighted by Gasteiger charge is 2.42. The minimum atomic E-state index is -0.0709. The van der Waals surface area contributed by atoms with E-state index in [-0.39, 0.29) is 23.8 Å². The van der Waals surface area contributed by atoms with Crippen LogP contribution in [0.1, 0.15) is 23.2 Å². The molecule has 3 N–H and O–H groups in total. The van der Waals surface area contributed by atoms with E-state index >= 15 is 0 Å². The maximum Gasteiger partial charge on any atom is 0.254 e. The number of anilines is 1. The Labute approximate surface area is 123 Å². The number of nitrogens with zero attached hydrogens (tertiary/aromatic N) is 1. The van der Waals surface area contributed by atoms with Crippen LogP contribution in [-0.4, -0.2) is 43.0 Å². The Morgan fingerprint density at radius 3 is 3.05 bits per heavy atom. The summed E-state index contributed by atoms with van der Waals surface area (Å²) in [7, 11) is 1.52. The fraction of sp³-hybridized carbons (Fsp3) is 0.467. The number of hydrogen-bond donors (Lipinski definition) is 2. The van der Waals surface area contributed by atoms with Crippen LogP contribution in [-0.2, 0) is 4.79 Å². The number of nitrogens with one attached hydrogen (secondary N) is 1. The first kappa shape index (κ1) is 13.7. The van der Waals surface area contributed by atoms with Crippen molar-refractivity contribution in [3.05, 3.63) is 23.8 Å². The number of amides is 2. The largest absolute Gasteiger partial charge is 0.495 e. The van der Waals surface area contributed by atoms with Crippen molar-refractivity contribution >= 4 is 17.5 Å². The Bertz CT molecular complexity index is 588. The Morgan fingerprint density at radius 2 is 2.29 bits per heavy atom. The zero-order valence-electron chi connectivity index (χ0n) is 12.0. The molecular weight excluding hydrogens is 270 g/mol. The summed E-state index contributed by atoms with van der Waals surface area (Å²) >= 11 is 0. The smallest absolute Gasteiger partial charge is 0.254 e. The van der Waals surface area contributed by atoms with Gasteiger partial charge in [-0.3, -0.25) is 9.59 Å². The van der Waals surface area contributed by atoms with Gasteiger partial charge < -0.3 is 20.7 Å². The number of piperidine rings is 1. The van der Waals surface area contributed by atoms with Gasteiger partial charge in [0.25, 0.3) is 5.91 Å². The molecule has 2 atom stereocenters. The highest BCUT2D eigenvalue weighted by Crippen LogP contribution is 2.30. The number of methoxy groups -OCH3 is 1. The minimum Gasteiger partial charge on any atom is -0.495 e. The SMILES string of the molecule is COc1cc(C(=O)N2CCCC3C(=O)NCC32)ccc1N. The van der Waals surface area contributed by atoms with Crippen LogP contribution in [0, 0.1) is 5.92 Å². The average molecular weight is 289 g/mol. The van der Waals surface area contributed by atoms with E-state index in [1.54, 1.807) is 23.1 Å². The summed E-state index contributed by atoms with van der Waals surface area (Å²) in [5.74, 6) is 0.417. The van der Waals surface area contributed by atoms with Crippen LogP contribution in [0.15, 0.2) is 18.2 Å². The molecule has 112 valence electrons. The van der Waals surface area contributed by atoms with Crippen LogP contribution in [0.2, 0.25) is 0 Å². The van der Waals surface area contributed by atoms with Crippen LogP contribution in [0.25, 0.3) is 0 Å². The van der Waals surface area contributed by atoms with E-state index in [9.17, 15) is 9.59 Å². The van der Waals surface area contributed by atoms with Crippen molar-refractivity contribution in [2.24, 2.45) is 5.92 Å². The normalized spacial score (nSPS) is 24.4. The number of ether oxygens (including phenoxy) is 1. The maximum absolute atomic E-state index is 12.7. The molecule has 2 heterocycles. The predicted octanol–water partition coefficient (Wildman–Crippen LogP) is 0.628. The van der Waals surface area contributed by atoms with E-state index in [1.165, 1.54) is 7.11 Å². The molecule has 6 nitrogen and oxygen atoms in total. The van der Waals surface area contributed by atoms with Gasteiger partial charge in [0.15, 0.2) is 0 Å². The molecule has 0 spiro atoms. The van der Waals surface area contributed by atoms with E-state index < -0.39 is 0 Å². The standard InChI is InChI=1S/C15H19N3O3/c1-21-13-7-9(4-5-11(13)16)15(20)18-6-2-3-10-12(18)8-17-14(10)19/h4-5,7,10,12H,2-3,6,8,16H2,1H3,(H,17,19). The number of hydrogen-bond acceptors (Lipinski definition) is 4. The highest BCUT2D eigenvalue weighted by molar-refractivity contribution is 5.96. The first-order chi connectivity index (χ1) is 10.1. The molecule has 21 heavy (non-hydrogen) atoms. The summed E-state index contributed by atoms with van der Waals surface area (Å²) in [4.78, 5) is 26.3. The molecule has 0 aromatic heterocycles. The number of benzene rings is 1. The van der Waals surface area contributed by atoms with Gasteiger partial charge in [0.1, 0.15) is 5.75 Å². The summed E-state index contributed by atoms with van der Waals surface area (Å²) in [5, 5.41) is 2.85. The molecular formula is C15H19N3O3. The number of nitrogen functional groups attached to an aromatic ring is 1. The van der Waals surface area contributed by atoms with Crippen LogP contribution in [0.4, 0.5) is 5.69 Å². The van der Waals surface area contributed by atoms with E-state index in [0.717, 1.165) is 12.8 Å². The van der Waals surface area contributed by atoms with Crippen molar-refractivity contribution in [2.45, 2.75) is 18.9 Å². The maximum atomic E-state index is 12.7. The fourth-order valence-electron chi connectivity index (χ4n) is 3.21. The van der Waals surface area contributed by atoms with Gasteiger partial charge in [0, 0.05) is 18.7 Å². The third-order valence-electron chi connectivity index (χ3n) is 4.34. The fourth-order valence-corrected chi connectivity index (χ4v) is 3.21. The minimum absolute atomic E-state index is 0.0395. The summed E-state index contributed by atoms with van der Waals surface area (Å²) < 4.78 is 5.16. The molecule has 2 saturated heterocycles. The van der Waals surface area contributed by atoms with Crippen molar-refractivity contribution in [3.8, 4) is 5.75 Å². The zero-order chi connectivity index (χ0) is 15.0. The monoisotopic (exact) mass is 289 g/mol. The number of rotatable bonds is 2. The second-order valence-corrected chi connectivity index (χ2v) is 5.52. The Balaban J connectivity index is 1.86. The summed E-state index contributed by atoms with van der Waals surface area (Å²) in [6.45, 7) is 1.23. The third kappa shape index (κ3) is 2.30.